The molecule has 0 saturated carbocycles. The zero-order valence-corrected chi connectivity index (χ0v) is 8.61. The summed E-state index contributed by atoms with van der Waals surface area (Å²) in [6, 6.07) is 0. The van der Waals surface area contributed by atoms with Gasteiger partial charge in [0, 0.05) is 31.4 Å². The molecule has 2 rings (SSSR count). The highest BCUT2D eigenvalue weighted by Crippen LogP contribution is 2.24. The Bertz CT molecular complexity index is 292. The summed E-state index contributed by atoms with van der Waals surface area (Å²) in [6.07, 6.45) is 5.35. The van der Waals surface area contributed by atoms with Crippen LogP contribution < -0.4 is 5.84 Å². The lowest BCUT2D eigenvalue weighted by atomic mass is 9.97. The second-order valence-corrected chi connectivity index (χ2v) is 4.01. The maximum Gasteiger partial charge on any atom is 0.131 e. The van der Waals surface area contributed by atoms with Gasteiger partial charge in [0.1, 0.15) is 5.82 Å². The number of rotatable bonds is 1. The fraction of sp³-hybridized carbons (Fsp3) is 0.556. The fourth-order valence-corrected chi connectivity index (χ4v) is 1.79. The van der Waals surface area contributed by atoms with E-state index in [0.29, 0.717) is 10.9 Å². The second-order valence-electron chi connectivity index (χ2n) is 3.57. The van der Waals surface area contributed by atoms with E-state index in [1.807, 2.05) is 5.01 Å². The molecule has 1 fully saturated rings. The van der Waals surface area contributed by atoms with Crippen molar-refractivity contribution >= 4 is 11.6 Å². The van der Waals surface area contributed by atoms with Crippen LogP contribution in [0.5, 0.6) is 0 Å². The number of halogens is 1. The Morgan fingerprint density at radius 3 is 2.43 bits per heavy atom. The zero-order valence-electron chi connectivity index (χ0n) is 7.86. The Morgan fingerprint density at radius 1 is 1.29 bits per heavy atom. The first kappa shape index (κ1) is 9.83. The van der Waals surface area contributed by atoms with Crippen molar-refractivity contribution in [2.75, 3.05) is 13.1 Å². The highest BCUT2D eigenvalue weighted by atomic mass is 35.5. The molecule has 0 unspecified atom stereocenters. The smallest absolute Gasteiger partial charge is 0.131 e. The van der Waals surface area contributed by atoms with Gasteiger partial charge in [-0.3, -0.25) is 5.84 Å². The van der Waals surface area contributed by atoms with Gasteiger partial charge in [-0.2, -0.15) is 0 Å². The van der Waals surface area contributed by atoms with E-state index in [1.165, 1.54) is 0 Å². The van der Waals surface area contributed by atoms with E-state index in [0.717, 1.165) is 31.8 Å². The first-order valence-corrected chi connectivity index (χ1v) is 5.10. The average molecular weight is 213 g/mol. The van der Waals surface area contributed by atoms with Crippen molar-refractivity contribution in [3.05, 3.63) is 23.2 Å². The molecule has 0 aliphatic carbocycles. The van der Waals surface area contributed by atoms with Crippen LogP contribution in [-0.2, 0) is 0 Å². The van der Waals surface area contributed by atoms with Crippen LogP contribution in [0.25, 0.3) is 0 Å². The maximum atomic E-state index is 5.72. The third kappa shape index (κ3) is 2.20. The summed E-state index contributed by atoms with van der Waals surface area (Å²) in [5, 5.41) is 2.43. The largest absolute Gasteiger partial charge is 0.269 e. The molecular formula is C9H13ClN4. The van der Waals surface area contributed by atoms with Crippen LogP contribution >= 0.6 is 11.6 Å². The number of aromatic nitrogens is 2. The van der Waals surface area contributed by atoms with E-state index < -0.39 is 0 Å². The monoisotopic (exact) mass is 212 g/mol. The molecule has 5 heteroatoms. The molecule has 1 aromatic heterocycles. The van der Waals surface area contributed by atoms with E-state index in [2.05, 4.69) is 9.97 Å². The standard InChI is InChI=1S/C9H13ClN4/c10-8-5-12-9(13-6-8)7-1-3-14(11)4-2-7/h5-7H,1-4,11H2. The molecule has 0 radical (unpaired) electrons. The lowest BCUT2D eigenvalue weighted by Crippen LogP contribution is -2.38. The first-order chi connectivity index (χ1) is 6.75. The number of hydrazine groups is 1. The summed E-state index contributed by atoms with van der Waals surface area (Å²) in [6.45, 7) is 1.83. The number of piperidine rings is 1. The molecule has 4 nitrogen and oxygen atoms in total. The molecule has 2 N–H and O–H groups in total. The van der Waals surface area contributed by atoms with Crippen molar-refractivity contribution in [3.8, 4) is 0 Å². The maximum absolute atomic E-state index is 5.72. The molecule has 76 valence electrons. The van der Waals surface area contributed by atoms with Crippen LogP contribution in [0.2, 0.25) is 5.02 Å². The van der Waals surface area contributed by atoms with Crippen molar-refractivity contribution in [2.24, 2.45) is 5.84 Å². The van der Waals surface area contributed by atoms with Crippen molar-refractivity contribution < 1.29 is 0 Å². The Kier molecular flexibility index (Phi) is 2.96. The molecule has 0 spiro atoms. The Balaban J connectivity index is 2.05. The molecule has 2 heterocycles. The van der Waals surface area contributed by atoms with Crippen LogP contribution in [0.4, 0.5) is 0 Å². The van der Waals surface area contributed by atoms with E-state index in [4.69, 9.17) is 17.4 Å². The Hall–Kier alpha value is -0.710. The normalized spacial score (nSPS) is 19.9. The second kappa shape index (κ2) is 4.21. The lowest BCUT2D eigenvalue weighted by molar-refractivity contribution is 0.214. The van der Waals surface area contributed by atoms with E-state index in [9.17, 15) is 0 Å². The van der Waals surface area contributed by atoms with Gasteiger partial charge in [0.05, 0.1) is 5.02 Å². The molecule has 0 atom stereocenters. The van der Waals surface area contributed by atoms with Crippen LogP contribution in [0.15, 0.2) is 12.4 Å². The summed E-state index contributed by atoms with van der Waals surface area (Å²) in [5.41, 5.74) is 0. The first-order valence-electron chi connectivity index (χ1n) is 4.73. The molecule has 0 amide bonds. The van der Waals surface area contributed by atoms with Gasteiger partial charge < -0.3 is 0 Å². The Labute approximate surface area is 88.1 Å². The van der Waals surface area contributed by atoms with Gasteiger partial charge in [-0.1, -0.05) is 11.6 Å². The van der Waals surface area contributed by atoms with Gasteiger partial charge in [-0.15, -0.1) is 0 Å². The van der Waals surface area contributed by atoms with Gasteiger partial charge in [0.25, 0.3) is 0 Å². The van der Waals surface area contributed by atoms with Crippen molar-refractivity contribution in [2.45, 2.75) is 18.8 Å². The summed E-state index contributed by atoms with van der Waals surface area (Å²) < 4.78 is 0. The van der Waals surface area contributed by atoms with Crippen LogP contribution in [-0.4, -0.2) is 28.1 Å². The van der Waals surface area contributed by atoms with Crippen molar-refractivity contribution in [1.82, 2.24) is 15.0 Å². The molecule has 0 bridgehead atoms. The predicted octanol–water partition coefficient (Wildman–Crippen LogP) is 1.18. The van der Waals surface area contributed by atoms with Gasteiger partial charge in [-0.05, 0) is 12.8 Å². The zero-order chi connectivity index (χ0) is 9.97. The van der Waals surface area contributed by atoms with Crippen molar-refractivity contribution in [1.29, 1.82) is 0 Å². The lowest BCUT2D eigenvalue weighted by Gasteiger charge is -2.27. The minimum atomic E-state index is 0.437. The van der Waals surface area contributed by atoms with E-state index in [-0.39, 0.29) is 0 Å². The third-order valence-corrected chi connectivity index (χ3v) is 2.73. The Morgan fingerprint density at radius 2 is 1.86 bits per heavy atom. The highest BCUT2D eigenvalue weighted by molar-refractivity contribution is 6.30. The van der Waals surface area contributed by atoms with E-state index >= 15 is 0 Å². The number of hydrogen-bond acceptors (Lipinski definition) is 4. The number of hydrogen-bond donors (Lipinski definition) is 1. The van der Waals surface area contributed by atoms with Crippen molar-refractivity contribution in [3.63, 3.8) is 0 Å². The molecule has 1 aliphatic heterocycles. The summed E-state index contributed by atoms with van der Waals surface area (Å²) in [5.74, 6) is 7.00. The van der Waals surface area contributed by atoms with Gasteiger partial charge >= 0.3 is 0 Å². The summed E-state index contributed by atoms with van der Waals surface area (Å²) in [4.78, 5) is 8.45. The molecule has 0 aromatic carbocycles. The average Bonchev–Trinajstić information content (AvgIpc) is 2.21. The summed E-state index contributed by atoms with van der Waals surface area (Å²) >= 11 is 5.72. The SMILES string of the molecule is NN1CCC(c2ncc(Cl)cn2)CC1. The van der Waals surface area contributed by atoms with E-state index in [1.54, 1.807) is 12.4 Å². The highest BCUT2D eigenvalue weighted by Gasteiger charge is 2.20. The number of nitrogens with two attached hydrogens (primary N) is 1. The van der Waals surface area contributed by atoms with Crippen LogP contribution in [0, 0.1) is 0 Å². The van der Waals surface area contributed by atoms with Gasteiger partial charge in [0.15, 0.2) is 0 Å². The third-order valence-electron chi connectivity index (χ3n) is 2.53. The summed E-state index contributed by atoms with van der Waals surface area (Å²) in [7, 11) is 0. The minimum absolute atomic E-state index is 0.437. The molecule has 14 heavy (non-hydrogen) atoms. The molecular weight excluding hydrogens is 200 g/mol. The topological polar surface area (TPSA) is 55.0 Å². The minimum Gasteiger partial charge on any atom is -0.269 e. The molecule has 1 aromatic rings. The predicted molar refractivity (Wildman–Crippen MR) is 54.8 cm³/mol. The van der Waals surface area contributed by atoms with Crippen LogP contribution in [0.3, 0.4) is 0 Å². The van der Waals surface area contributed by atoms with Crippen LogP contribution in [0.1, 0.15) is 24.6 Å². The van der Waals surface area contributed by atoms with Gasteiger partial charge in [0.2, 0.25) is 0 Å². The molecule has 1 aliphatic rings. The quantitative estimate of drug-likeness (QED) is 0.711. The number of nitrogens with zero attached hydrogens (tertiary/aromatic N) is 3. The fourth-order valence-electron chi connectivity index (χ4n) is 1.69. The molecule has 1 saturated heterocycles. The van der Waals surface area contributed by atoms with Gasteiger partial charge in [-0.25, -0.2) is 15.0 Å².